The lowest BCUT2D eigenvalue weighted by atomic mass is 10.3. The van der Waals surface area contributed by atoms with Gasteiger partial charge in [-0.1, -0.05) is 41.4 Å². The lowest BCUT2D eigenvalue weighted by Crippen LogP contribution is -2.15. The zero-order valence-corrected chi connectivity index (χ0v) is 14.1. The lowest BCUT2D eigenvalue weighted by molar-refractivity contribution is 0.102. The second kappa shape index (κ2) is 7.46. The predicted octanol–water partition coefficient (Wildman–Crippen LogP) is 4.92. The number of hydrogen-bond acceptors (Lipinski definition) is 4. The number of carbonyl (C=O) groups excluding carboxylic acids is 1. The van der Waals surface area contributed by atoms with Crippen molar-refractivity contribution in [1.29, 1.82) is 0 Å². The summed E-state index contributed by atoms with van der Waals surface area (Å²) in [5.41, 5.74) is 0.601. The molecule has 2 N–H and O–H groups in total. The van der Waals surface area contributed by atoms with E-state index in [1.807, 2.05) is 0 Å². The van der Waals surface area contributed by atoms with E-state index in [2.05, 4.69) is 20.6 Å². The average Bonchev–Trinajstić information content (AvgIpc) is 2.60. The molecular weight excluding hydrogens is 366 g/mol. The van der Waals surface area contributed by atoms with Gasteiger partial charge in [0.25, 0.3) is 5.91 Å². The Balaban J connectivity index is 1.81. The molecule has 0 aliphatic carbocycles. The van der Waals surface area contributed by atoms with Gasteiger partial charge in [-0.3, -0.25) is 4.79 Å². The van der Waals surface area contributed by atoms with E-state index in [1.54, 1.807) is 36.4 Å². The Morgan fingerprint density at radius 2 is 1.72 bits per heavy atom. The Morgan fingerprint density at radius 3 is 2.44 bits per heavy atom. The number of anilines is 3. The molecule has 0 aliphatic heterocycles. The maximum atomic E-state index is 13.7. The van der Waals surface area contributed by atoms with Gasteiger partial charge in [0.15, 0.2) is 0 Å². The summed E-state index contributed by atoms with van der Waals surface area (Å²) >= 11 is 12.1. The lowest BCUT2D eigenvalue weighted by Gasteiger charge is -2.10. The van der Waals surface area contributed by atoms with Crippen LogP contribution in [0.1, 0.15) is 10.5 Å². The van der Waals surface area contributed by atoms with Gasteiger partial charge in [-0.2, -0.15) is 0 Å². The molecular formula is C17H11Cl2FN4O. The van der Waals surface area contributed by atoms with Crippen molar-refractivity contribution in [3.63, 3.8) is 0 Å². The van der Waals surface area contributed by atoms with Crippen molar-refractivity contribution in [2.24, 2.45) is 0 Å². The van der Waals surface area contributed by atoms with Crippen molar-refractivity contribution in [3.05, 3.63) is 76.4 Å². The number of nitrogens with zero attached hydrogens (tertiary/aromatic N) is 2. The van der Waals surface area contributed by atoms with Gasteiger partial charge in [0.2, 0.25) is 0 Å². The number of benzene rings is 2. The molecule has 0 saturated carbocycles. The van der Waals surface area contributed by atoms with Gasteiger partial charge in [0.05, 0.1) is 21.4 Å². The molecule has 0 unspecified atom stereocenters. The summed E-state index contributed by atoms with van der Waals surface area (Å²) < 4.78 is 13.7. The molecule has 0 aliphatic rings. The van der Waals surface area contributed by atoms with Gasteiger partial charge in [-0.25, -0.2) is 14.4 Å². The fraction of sp³-hybridized carbons (Fsp3) is 0. The Labute approximate surface area is 152 Å². The summed E-state index contributed by atoms with van der Waals surface area (Å²) in [6.07, 6.45) is 1.20. The van der Waals surface area contributed by atoms with Crippen LogP contribution < -0.4 is 10.6 Å². The normalized spacial score (nSPS) is 10.4. The van der Waals surface area contributed by atoms with E-state index < -0.39 is 11.7 Å². The van der Waals surface area contributed by atoms with Crippen molar-refractivity contribution in [2.45, 2.75) is 0 Å². The Hall–Kier alpha value is -2.70. The van der Waals surface area contributed by atoms with Crippen LogP contribution >= 0.6 is 23.2 Å². The van der Waals surface area contributed by atoms with E-state index in [4.69, 9.17) is 23.2 Å². The van der Waals surface area contributed by atoms with Crippen LogP contribution in [0, 0.1) is 5.82 Å². The van der Waals surface area contributed by atoms with E-state index >= 15 is 0 Å². The maximum Gasteiger partial charge on any atom is 0.274 e. The van der Waals surface area contributed by atoms with Gasteiger partial charge in [-0.05, 0) is 24.3 Å². The second-order valence-electron chi connectivity index (χ2n) is 4.94. The van der Waals surface area contributed by atoms with Crippen molar-refractivity contribution in [3.8, 4) is 0 Å². The number of rotatable bonds is 4. The topological polar surface area (TPSA) is 66.9 Å². The summed E-state index contributed by atoms with van der Waals surface area (Å²) in [4.78, 5) is 20.3. The third-order valence-corrected chi connectivity index (χ3v) is 3.87. The van der Waals surface area contributed by atoms with Crippen LogP contribution in [0.5, 0.6) is 0 Å². The van der Waals surface area contributed by atoms with Gasteiger partial charge in [-0.15, -0.1) is 0 Å². The van der Waals surface area contributed by atoms with Gasteiger partial charge in [0.1, 0.15) is 23.7 Å². The summed E-state index contributed by atoms with van der Waals surface area (Å²) in [5.74, 6) is -0.681. The molecule has 25 heavy (non-hydrogen) atoms. The Morgan fingerprint density at radius 1 is 1.00 bits per heavy atom. The third kappa shape index (κ3) is 4.04. The quantitative estimate of drug-likeness (QED) is 0.678. The van der Waals surface area contributed by atoms with Crippen molar-refractivity contribution < 1.29 is 9.18 Å². The number of halogens is 3. The first-order valence-corrected chi connectivity index (χ1v) is 7.89. The minimum absolute atomic E-state index is 0.0739. The van der Waals surface area contributed by atoms with Crippen LogP contribution in [0.15, 0.2) is 54.9 Å². The molecule has 0 saturated heterocycles. The second-order valence-corrected chi connectivity index (χ2v) is 5.76. The zero-order chi connectivity index (χ0) is 17.8. The number of para-hydroxylation sites is 2. The molecule has 3 rings (SSSR count). The number of aromatic nitrogens is 2. The Kier molecular flexibility index (Phi) is 5.11. The molecule has 1 aromatic heterocycles. The molecule has 8 heteroatoms. The average molecular weight is 377 g/mol. The molecule has 0 atom stereocenters. The number of carbonyl (C=O) groups is 1. The molecule has 126 valence electrons. The predicted molar refractivity (Wildman–Crippen MR) is 96.1 cm³/mol. The van der Waals surface area contributed by atoms with Crippen molar-refractivity contribution in [1.82, 2.24) is 9.97 Å². The first-order valence-electron chi connectivity index (χ1n) is 7.13. The maximum absolute atomic E-state index is 13.7. The smallest absolute Gasteiger partial charge is 0.274 e. The number of amides is 1. The number of nitrogens with one attached hydrogen (secondary N) is 2. The first kappa shape index (κ1) is 17.1. The highest BCUT2D eigenvalue weighted by atomic mass is 35.5. The molecule has 1 amide bonds. The first-order chi connectivity index (χ1) is 12.0. The zero-order valence-electron chi connectivity index (χ0n) is 12.6. The van der Waals surface area contributed by atoms with Gasteiger partial charge in [0, 0.05) is 6.07 Å². The molecule has 0 bridgehead atoms. The minimum atomic E-state index is -0.519. The van der Waals surface area contributed by atoms with E-state index in [0.717, 1.165) is 0 Å². The van der Waals surface area contributed by atoms with E-state index in [-0.39, 0.29) is 22.9 Å². The van der Waals surface area contributed by atoms with Crippen molar-refractivity contribution in [2.75, 3.05) is 10.6 Å². The minimum Gasteiger partial charge on any atom is -0.338 e. The monoisotopic (exact) mass is 376 g/mol. The van der Waals surface area contributed by atoms with Crippen LogP contribution in [0.2, 0.25) is 10.0 Å². The molecule has 0 spiro atoms. The molecule has 3 aromatic rings. The molecule has 0 radical (unpaired) electrons. The van der Waals surface area contributed by atoms with Crippen LogP contribution in [0.3, 0.4) is 0 Å². The SMILES string of the molecule is O=C(Nc1c(Cl)cccc1Cl)c1cc(Nc2ccccc2F)ncn1. The summed E-state index contributed by atoms with van der Waals surface area (Å²) in [6, 6.07) is 12.4. The standard InChI is InChI=1S/C17H11Cl2FN4O/c18-10-4-3-5-11(19)16(10)24-17(25)14-8-15(22-9-21-14)23-13-7-2-1-6-12(13)20/h1-9H,(H,24,25)(H,21,22,23). The third-order valence-electron chi connectivity index (χ3n) is 3.24. The summed E-state index contributed by atoms with van der Waals surface area (Å²) in [6.45, 7) is 0. The van der Waals surface area contributed by atoms with Crippen LogP contribution in [-0.2, 0) is 0 Å². The largest absolute Gasteiger partial charge is 0.338 e. The van der Waals surface area contributed by atoms with Gasteiger partial charge < -0.3 is 10.6 Å². The Bertz CT molecular complexity index is 916. The molecule has 0 fully saturated rings. The van der Waals surface area contributed by atoms with Crippen LogP contribution in [0.25, 0.3) is 0 Å². The van der Waals surface area contributed by atoms with Crippen molar-refractivity contribution >= 4 is 46.3 Å². The summed E-state index contributed by atoms with van der Waals surface area (Å²) in [7, 11) is 0. The molecule has 2 aromatic carbocycles. The summed E-state index contributed by atoms with van der Waals surface area (Å²) in [5, 5.41) is 6.01. The van der Waals surface area contributed by atoms with E-state index in [9.17, 15) is 9.18 Å². The highest BCUT2D eigenvalue weighted by molar-refractivity contribution is 6.40. The number of hydrogen-bond donors (Lipinski definition) is 2. The van der Waals surface area contributed by atoms with Crippen LogP contribution in [-0.4, -0.2) is 15.9 Å². The molecule has 1 heterocycles. The fourth-order valence-electron chi connectivity index (χ4n) is 2.05. The van der Waals surface area contributed by atoms with E-state index in [0.29, 0.717) is 10.0 Å². The highest BCUT2D eigenvalue weighted by Crippen LogP contribution is 2.30. The van der Waals surface area contributed by atoms with Crippen LogP contribution in [0.4, 0.5) is 21.6 Å². The van der Waals surface area contributed by atoms with Gasteiger partial charge >= 0.3 is 0 Å². The highest BCUT2D eigenvalue weighted by Gasteiger charge is 2.14. The van der Waals surface area contributed by atoms with E-state index in [1.165, 1.54) is 18.5 Å². The fourth-order valence-corrected chi connectivity index (χ4v) is 2.54. The molecule has 5 nitrogen and oxygen atoms in total.